The van der Waals surface area contributed by atoms with Crippen LogP contribution in [0, 0.1) is 0 Å². The number of benzene rings is 1. The molecule has 1 aromatic rings. The van der Waals surface area contributed by atoms with Gasteiger partial charge in [0.25, 0.3) is 0 Å². The van der Waals surface area contributed by atoms with Gasteiger partial charge in [-0.1, -0.05) is 39.3 Å². The summed E-state index contributed by atoms with van der Waals surface area (Å²) < 4.78 is 5.64. The molecule has 0 bridgehead atoms. The van der Waals surface area contributed by atoms with Crippen LogP contribution in [-0.2, 0) is 0 Å². The van der Waals surface area contributed by atoms with Crippen LogP contribution in [0.3, 0.4) is 0 Å². The molecule has 1 rings (SSSR count). The van der Waals surface area contributed by atoms with Gasteiger partial charge >= 0.3 is 0 Å². The predicted octanol–water partition coefficient (Wildman–Crippen LogP) is 3.99. The molecule has 0 aliphatic heterocycles. The highest BCUT2D eigenvalue weighted by Gasteiger charge is 2.00. The van der Waals surface area contributed by atoms with E-state index in [-0.39, 0.29) is 0 Å². The van der Waals surface area contributed by atoms with E-state index in [0.29, 0.717) is 5.92 Å². The second-order valence-corrected chi connectivity index (χ2v) is 3.93. The quantitative estimate of drug-likeness (QED) is 0.641. The zero-order valence-corrected chi connectivity index (χ0v) is 9.42. The van der Waals surface area contributed by atoms with Crippen molar-refractivity contribution < 1.29 is 4.74 Å². The van der Waals surface area contributed by atoms with Crippen molar-refractivity contribution >= 4 is 0 Å². The van der Waals surface area contributed by atoms with Crippen molar-refractivity contribution in [1.29, 1.82) is 0 Å². The van der Waals surface area contributed by atoms with E-state index in [0.717, 1.165) is 18.8 Å². The Morgan fingerprint density at radius 3 is 2.71 bits per heavy atom. The maximum Gasteiger partial charge on any atom is 0.119 e. The van der Waals surface area contributed by atoms with Crippen molar-refractivity contribution in [2.45, 2.75) is 39.5 Å². The summed E-state index contributed by atoms with van der Waals surface area (Å²) in [5.74, 6) is 1.58. The molecule has 0 amide bonds. The highest BCUT2D eigenvalue weighted by atomic mass is 16.5. The Morgan fingerprint density at radius 2 is 2.07 bits per heavy atom. The first kappa shape index (κ1) is 11.1. The van der Waals surface area contributed by atoms with Gasteiger partial charge in [-0.2, -0.15) is 0 Å². The van der Waals surface area contributed by atoms with Gasteiger partial charge in [-0.05, 0) is 30.0 Å². The maximum atomic E-state index is 5.64. The largest absolute Gasteiger partial charge is 0.494 e. The van der Waals surface area contributed by atoms with Crippen molar-refractivity contribution in [3.05, 3.63) is 29.8 Å². The molecule has 0 saturated heterocycles. The first-order chi connectivity index (χ1) is 6.74. The Balaban J connectivity index is 2.55. The highest BCUT2D eigenvalue weighted by molar-refractivity contribution is 5.30. The van der Waals surface area contributed by atoms with Crippen LogP contribution in [0.25, 0.3) is 0 Å². The maximum absolute atomic E-state index is 5.64. The first-order valence-electron chi connectivity index (χ1n) is 5.46. The van der Waals surface area contributed by atoms with Crippen LogP contribution in [0.1, 0.15) is 45.1 Å². The number of hydrogen-bond acceptors (Lipinski definition) is 1. The summed E-state index contributed by atoms with van der Waals surface area (Å²) in [6.45, 7) is 7.41. The molecule has 1 aromatic carbocycles. The lowest BCUT2D eigenvalue weighted by molar-refractivity contribution is 0.309. The van der Waals surface area contributed by atoms with Crippen molar-refractivity contribution in [3.63, 3.8) is 0 Å². The Labute approximate surface area is 87.1 Å². The van der Waals surface area contributed by atoms with E-state index in [9.17, 15) is 0 Å². The summed E-state index contributed by atoms with van der Waals surface area (Å²) in [6.07, 6.45) is 2.32. The average Bonchev–Trinajstić information content (AvgIpc) is 2.19. The van der Waals surface area contributed by atoms with E-state index >= 15 is 0 Å². The molecule has 0 heterocycles. The van der Waals surface area contributed by atoms with Crippen molar-refractivity contribution in [1.82, 2.24) is 0 Å². The van der Waals surface area contributed by atoms with E-state index in [1.807, 2.05) is 6.07 Å². The van der Waals surface area contributed by atoms with E-state index in [2.05, 4.69) is 39.0 Å². The molecule has 0 radical (unpaired) electrons. The van der Waals surface area contributed by atoms with Gasteiger partial charge < -0.3 is 4.74 Å². The second kappa shape index (κ2) is 5.69. The zero-order chi connectivity index (χ0) is 10.4. The number of rotatable bonds is 5. The van der Waals surface area contributed by atoms with Crippen molar-refractivity contribution in [2.75, 3.05) is 6.61 Å². The summed E-state index contributed by atoms with van der Waals surface area (Å²) >= 11 is 0. The van der Waals surface area contributed by atoms with E-state index in [4.69, 9.17) is 4.74 Å². The lowest BCUT2D eigenvalue weighted by Gasteiger charge is -2.09. The zero-order valence-electron chi connectivity index (χ0n) is 9.42. The third kappa shape index (κ3) is 3.41. The van der Waals surface area contributed by atoms with Crippen molar-refractivity contribution in [3.8, 4) is 5.75 Å². The minimum Gasteiger partial charge on any atom is -0.494 e. The topological polar surface area (TPSA) is 9.23 Å². The molecule has 1 heteroatoms. The number of hydrogen-bond donors (Lipinski definition) is 0. The van der Waals surface area contributed by atoms with Crippen LogP contribution in [0.15, 0.2) is 24.3 Å². The van der Waals surface area contributed by atoms with E-state index in [1.54, 1.807) is 0 Å². The fourth-order valence-corrected chi connectivity index (χ4v) is 1.30. The third-order valence-electron chi connectivity index (χ3n) is 2.29. The number of ether oxygens (including phenoxy) is 1. The SMILES string of the molecule is CCCCOc1cccc(C(C)C)c1. The van der Waals surface area contributed by atoms with Crippen molar-refractivity contribution in [2.24, 2.45) is 0 Å². The Morgan fingerprint density at radius 1 is 1.29 bits per heavy atom. The molecule has 0 N–H and O–H groups in total. The summed E-state index contributed by atoms with van der Waals surface area (Å²) in [4.78, 5) is 0. The molecule has 0 unspecified atom stereocenters. The number of unbranched alkanes of at least 4 members (excludes halogenated alkanes) is 1. The monoisotopic (exact) mass is 192 g/mol. The predicted molar refractivity (Wildman–Crippen MR) is 60.9 cm³/mol. The van der Waals surface area contributed by atoms with Gasteiger partial charge in [0.1, 0.15) is 5.75 Å². The summed E-state index contributed by atoms with van der Waals surface area (Å²) in [5, 5.41) is 0. The molecular formula is C13H20O. The van der Waals surface area contributed by atoms with Gasteiger partial charge in [-0.25, -0.2) is 0 Å². The summed E-state index contributed by atoms with van der Waals surface area (Å²) in [7, 11) is 0. The fourth-order valence-electron chi connectivity index (χ4n) is 1.30. The first-order valence-corrected chi connectivity index (χ1v) is 5.46. The summed E-state index contributed by atoms with van der Waals surface area (Å²) in [5.41, 5.74) is 1.35. The van der Waals surface area contributed by atoms with Gasteiger partial charge in [0.05, 0.1) is 6.61 Å². The molecule has 14 heavy (non-hydrogen) atoms. The van der Waals surface area contributed by atoms with E-state index in [1.165, 1.54) is 12.0 Å². The standard InChI is InChI=1S/C13H20O/c1-4-5-9-14-13-8-6-7-12(10-13)11(2)3/h6-8,10-11H,4-5,9H2,1-3H3. The van der Waals surface area contributed by atoms with Crippen LogP contribution in [0.5, 0.6) is 5.75 Å². The normalized spacial score (nSPS) is 10.6. The van der Waals surface area contributed by atoms with E-state index < -0.39 is 0 Å². The van der Waals surface area contributed by atoms with Crippen LogP contribution >= 0.6 is 0 Å². The molecule has 0 aromatic heterocycles. The van der Waals surface area contributed by atoms with Crippen LogP contribution in [0.2, 0.25) is 0 Å². The Kier molecular flexibility index (Phi) is 4.51. The molecule has 0 aliphatic carbocycles. The van der Waals surface area contributed by atoms with Gasteiger partial charge in [-0.15, -0.1) is 0 Å². The van der Waals surface area contributed by atoms with Gasteiger partial charge in [0.15, 0.2) is 0 Å². The fraction of sp³-hybridized carbons (Fsp3) is 0.538. The Bertz CT molecular complexity index is 266. The molecule has 0 saturated carbocycles. The molecule has 0 atom stereocenters. The molecule has 0 spiro atoms. The van der Waals surface area contributed by atoms with Gasteiger partial charge in [0.2, 0.25) is 0 Å². The minimum absolute atomic E-state index is 0.574. The van der Waals surface area contributed by atoms with Gasteiger partial charge in [0, 0.05) is 0 Å². The molecule has 1 nitrogen and oxygen atoms in total. The minimum atomic E-state index is 0.574. The van der Waals surface area contributed by atoms with Crippen LogP contribution in [0.4, 0.5) is 0 Å². The molecular weight excluding hydrogens is 172 g/mol. The Hall–Kier alpha value is -0.980. The third-order valence-corrected chi connectivity index (χ3v) is 2.29. The van der Waals surface area contributed by atoms with Crippen LogP contribution in [-0.4, -0.2) is 6.61 Å². The molecule has 78 valence electrons. The van der Waals surface area contributed by atoms with Crippen LogP contribution < -0.4 is 4.74 Å². The summed E-state index contributed by atoms with van der Waals surface area (Å²) in [6, 6.07) is 8.38. The smallest absolute Gasteiger partial charge is 0.119 e. The average molecular weight is 192 g/mol. The lowest BCUT2D eigenvalue weighted by Crippen LogP contribution is -1.97. The van der Waals surface area contributed by atoms with Gasteiger partial charge in [-0.3, -0.25) is 0 Å². The lowest BCUT2D eigenvalue weighted by atomic mass is 10.0. The highest BCUT2D eigenvalue weighted by Crippen LogP contribution is 2.20. The molecule has 0 fully saturated rings. The second-order valence-electron chi connectivity index (χ2n) is 3.93. The molecule has 0 aliphatic rings.